The third-order valence-electron chi connectivity index (χ3n) is 6.05. The van der Waals surface area contributed by atoms with Crippen molar-refractivity contribution in [2.24, 2.45) is 0 Å². The Morgan fingerprint density at radius 2 is 1.83 bits per heavy atom. The highest BCUT2D eigenvalue weighted by atomic mass is 15.3. The van der Waals surface area contributed by atoms with Crippen LogP contribution in [0.2, 0.25) is 0 Å². The Balaban J connectivity index is 1.43. The zero-order valence-corrected chi connectivity index (χ0v) is 17.6. The molecule has 1 aliphatic heterocycles. The average Bonchev–Trinajstić information content (AvgIpc) is 3.20. The van der Waals surface area contributed by atoms with Crippen LogP contribution in [0.5, 0.6) is 0 Å². The quantitative estimate of drug-likeness (QED) is 0.517. The number of benzene rings is 1. The Bertz CT molecular complexity index is 1150. The normalized spacial score (nSPS) is 18.1. The largest absolute Gasteiger partial charge is 0.299 e. The summed E-state index contributed by atoms with van der Waals surface area (Å²) >= 11 is 0. The average molecular weight is 398 g/mol. The lowest BCUT2D eigenvalue weighted by Crippen LogP contribution is -2.46. The smallest absolute Gasteiger partial charge is 0.137 e. The number of likely N-dealkylation sites (N-methyl/N-ethyl adjacent to an activating group) is 1. The SMILES string of the molecule is Cc1cccc(CN2CCN(C)[C@@H](c3cn4c(-c5ccncc5)cccc4n3)C2)c1. The summed E-state index contributed by atoms with van der Waals surface area (Å²) in [6.45, 7) is 6.26. The second-order valence-electron chi connectivity index (χ2n) is 8.26. The minimum Gasteiger partial charge on any atom is -0.299 e. The maximum atomic E-state index is 5.01. The summed E-state index contributed by atoms with van der Waals surface area (Å²) in [5.74, 6) is 0. The number of nitrogens with zero attached hydrogens (tertiary/aromatic N) is 5. The van der Waals surface area contributed by atoms with Crippen LogP contribution in [0.3, 0.4) is 0 Å². The fourth-order valence-corrected chi connectivity index (χ4v) is 4.41. The van der Waals surface area contributed by atoms with Gasteiger partial charge in [-0.15, -0.1) is 0 Å². The van der Waals surface area contributed by atoms with E-state index in [-0.39, 0.29) is 6.04 Å². The van der Waals surface area contributed by atoms with Crippen molar-refractivity contribution in [2.45, 2.75) is 19.5 Å². The van der Waals surface area contributed by atoms with Gasteiger partial charge in [0.1, 0.15) is 5.65 Å². The highest BCUT2D eigenvalue weighted by molar-refractivity contribution is 5.63. The van der Waals surface area contributed by atoms with Crippen molar-refractivity contribution in [3.63, 3.8) is 0 Å². The standard InChI is InChI=1S/C25H27N5/c1-19-5-3-6-20(15-19)16-29-14-13-28(2)24(18-29)22-17-30-23(7-4-8-25(30)27-22)21-9-11-26-12-10-21/h3-12,15,17,24H,13-14,16,18H2,1-2H3/t24-/m1/s1. The zero-order valence-electron chi connectivity index (χ0n) is 17.6. The maximum Gasteiger partial charge on any atom is 0.137 e. The van der Waals surface area contributed by atoms with Crippen LogP contribution in [0.15, 0.2) is 73.2 Å². The molecule has 0 radical (unpaired) electrons. The fraction of sp³-hybridized carbons (Fsp3) is 0.280. The molecular formula is C25H27N5. The number of aryl methyl sites for hydroxylation is 1. The molecule has 0 unspecified atom stereocenters. The molecule has 0 N–H and O–H groups in total. The van der Waals surface area contributed by atoms with Gasteiger partial charge in [-0.2, -0.15) is 0 Å². The molecule has 0 saturated carbocycles. The van der Waals surface area contributed by atoms with E-state index in [4.69, 9.17) is 4.98 Å². The molecule has 1 saturated heterocycles. The third-order valence-corrected chi connectivity index (χ3v) is 6.05. The number of piperazine rings is 1. The van der Waals surface area contributed by atoms with Crippen molar-refractivity contribution >= 4 is 5.65 Å². The van der Waals surface area contributed by atoms with Gasteiger partial charge in [-0.05, 0) is 43.8 Å². The second-order valence-corrected chi connectivity index (χ2v) is 8.26. The first-order chi connectivity index (χ1) is 14.7. The van der Waals surface area contributed by atoms with E-state index in [0.29, 0.717) is 0 Å². The number of hydrogen-bond acceptors (Lipinski definition) is 4. The highest BCUT2D eigenvalue weighted by Crippen LogP contribution is 2.27. The van der Waals surface area contributed by atoms with Crippen LogP contribution in [0.1, 0.15) is 22.9 Å². The van der Waals surface area contributed by atoms with Crippen molar-refractivity contribution < 1.29 is 0 Å². The molecular weight excluding hydrogens is 370 g/mol. The van der Waals surface area contributed by atoms with Gasteiger partial charge in [0.15, 0.2) is 0 Å². The molecule has 5 rings (SSSR count). The lowest BCUT2D eigenvalue weighted by molar-refractivity contribution is 0.0885. The molecule has 1 atom stereocenters. The predicted molar refractivity (Wildman–Crippen MR) is 120 cm³/mol. The van der Waals surface area contributed by atoms with Crippen molar-refractivity contribution in [1.29, 1.82) is 0 Å². The van der Waals surface area contributed by atoms with E-state index in [2.05, 4.69) is 81.8 Å². The lowest BCUT2D eigenvalue weighted by atomic mass is 10.1. The van der Waals surface area contributed by atoms with E-state index < -0.39 is 0 Å². The Morgan fingerprint density at radius 3 is 2.67 bits per heavy atom. The van der Waals surface area contributed by atoms with Gasteiger partial charge in [-0.3, -0.25) is 19.2 Å². The van der Waals surface area contributed by atoms with Crippen LogP contribution in [0, 0.1) is 6.92 Å². The van der Waals surface area contributed by atoms with Crippen molar-refractivity contribution in [1.82, 2.24) is 24.2 Å². The molecule has 0 aliphatic carbocycles. The molecule has 152 valence electrons. The van der Waals surface area contributed by atoms with E-state index in [1.54, 1.807) is 0 Å². The van der Waals surface area contributed by atoms with Gasteiger partial charge in [-0.25, -0.2) is 4.98 Å². The van der Waals surface area contributed by atoms with E-state index in [0.717, 1.165) is 48.8 Å². The molecule has 3 aromatic heterocycles. The Morgan fingerprint density at radius 1 is 1.00 bits per heavy atom. The van der Waals surface area contributed by atoms with Crippen LogP contribution in [0.4, 0.5) is 0 Å². The summed E-state index contributed by atoms with van der Waals surface area (Å²) in [6, 6.07) is 19.5. The molecule has 1 fully saturated rings. The fourth-order valence-electron chi connectivity index (χ4n) is 4.41. The van der Waals surface area contributed by atoms with Gasteiger partial charge in [0.05, 0.1) is 17.4 Å². The minimum absolute atomic E-state index is 0.286. The van der Waals surface area contributed by atoms with Gasteiger partial charge in [0.2, 0.25) is 0 Å². The van der Waals surface area contributed by atoms with E-state index in [1.807, 2.05) is 24.5 Å². The van der Waals surface area contributed by atoms with Crippen molar-refractivity contribution in [2.75, 3.05) is 26.7 Å². The third kappa shape index (κ3) is 3.74. The van der Waals surface area contributed by atoms with Gasteiger partial charge in [-0.1, -0.05) is 35.9 Å². The molecule has 0 spiro atoms. The molecule has 0 amide bonds. The van der Waals surface area contributed by atoms with Crippen molar-refractivity contribution in [3.05, 3.63) is 90.0 Å². The molecule has 5 nitrogen and oxygen atoms in total. The highest BCUT2D eigenvalue weighted by Gasteiger charge is 2.28. The summed E-state index contributed by atoms with van der Waals surface area (Å²) in [6.07, 6.45) is 5.89. The van der Waals surface area contributed by atoms with Crippen LogP contribution in [0.25, 0.3) is 16.9 Å². The summed E-state index contributed by atoms with van der Waals surface area (Å²) in [5.41, 5.74) is 7.12. The predicted octanol–water partition coefficient (Wildman–Crippen LogP) is 4.19. The first-order valence-electron chi connectivity index (χ1n) is 10.5. The number of fused-ring (bicyclic) bond motifs is 1. The summed E-state index contributed by atoms with van der Waals surface area (Å²) in [7, 11) is 2.21. The topological polar surface area (TPSA) is 36.7 Å². The Kier molecular flexibility index (Phi) is 5.07. The van der Waals surface area contributed by atoms with E-state index >= 15 is 0 Å². The zero-order chi connectivity index (χ0) is 20.5. The maximum absolute atomic E-state index is 5.01. The molecule has 5 heteroatoms. The summed E-state index contributed by atoms with van der Waals surface area (Å²) in [5, 5.41) is 0. The molecule has 1 aromatic carbocycles. The summed E-state index contributed by atoms with van der Waals surface area (Å²) in [4.78, 5) is 14.1. The number of rotatable bonds is 4. The Labute approximate surface area is 177 Å². The van der Waals surface area contributed by atoms with Gasteiger partial charge in [0.25, 0.3) is 0 Å². The summed E-state index contributed by atoms with van der Waals surface area (Å²) < 4.78 is 2.21. The van der Waals surface area contributed by atoms with Gasteiger partial charge >= 0.3 is 0 Å². The van der Waals surface area contributed by atoms with Crippen LogP contribution in [-0.4, -0.2) is 50.9 Å². The van der Waals surface area contributed by atoms with Gasteiger partial charge in [0, 0.05) is 50.3 Å². The van der Waals surface area contributed by atoms with E-state index in [9.17, 15) is 0 Å². The molecule has 4 heterocycles. The molecule has 4 aromatic rings. The van der Waals surface area contributed by atoms with Crippen molar-refractivity contribution in [3.8, 4) is 11.3 Å². The van der Waals surface area contributed by atoms with Crippen LogP contribution in [-0.2, 0) is 6.54 Å². The molecule has 1 aliphatic rings. The second kappa shape index (κ2) is 8.01. The number of pyridine rings is 2. The Hall–Kier alpha value is -3.02. The van der Waals surface area contributed by atoms with Gasteiger partial charge < -0.3 is 0 Å². The van der Waals surface area contributed by atoms with Crippen LogP contribution < -0.4 is 0 Å². The minimum atomic E-state index is 0.286. The first kappa shape index (κ1) is 19.0. The first-order valence-corrected chi connectivity index (χ1v) is 10.5. The van der Waals surface area contributed by atoms with Crippen LogP contribution >= 0.6 is 0 Å². The number of aromatic nitrogens is 3. The monoisotopic (exact) mass is 397 g/mol. The lowest BCUT2D eigenvalue weighted by Gasteiger charge is -2.38. The molecule has 30 heavy (non-hydrogen) atoms. The van der Waals surface area contributed by atoms with E-state index in [1.165, 1.54) is 11.1 Å². The number of hydrogen-bond donors (Lipinski definition) is 0. The molecule has 0 bridgehead atoms. The number of imidazole rings is 1.